The lowest BCUT2D eigenvalue weighted by molar-refractivity contribution is -0.135. The minimum atomic E-state index is -0.590. The molecule has 140 valence electrons. The molecule has 26 heavy (non-hydrogen) atoms. The molecule has 1 heterocycles. The number of aromatic amines is 1. The van der Waals surface area contributed by atoms with E-state index >= 15 is 0 Å². The molecule has 1 N–H and O–H groups in total. The number of hydrogen-bond donors (Lipinski definition) is 1. The summed E-state index contributed by atoms with van der Waals surface area (Å²) in [7, 11) is 3.99. The number of halogens is 1. The summed E-state index contributed by atoms with van der Waals surface area (Å²) in [5.41, 5.74) is 1.07. The van der Waals surface area contributed by atoms with E-state index in [-0.39, 0.29) is 17.1 Å². The monoisotopic (exact) mass is 358 g/mol. The average molecular weight is 358 g/mol. The van der Waals surface area contributed by atoms with Gasteiger partial charge in [-0.2, -0.15) is 0 Å². The van der Waals surface area contributed by atoms with Crippen molar-refractivity contribution in [1.29, 1.82) is 0 Å². The van der Waals surface area contributed by atoms with Crippen molar-refractivity contribution >= 4 is 5.91 Å². The highest BCUT2D eigenvalue weighted by molar-refractivity contribution is 5.93. The Balaban J connectivity index is 1.91. The second kappa shape index (κ2) is 6.83. The molecule has 1 aliphatic rings. The fraction of sp³-hybridized carbons (Fsp3) is 0.500. The number of rotatable bonds is 7. The summed E-state index contributed by atoms with van der Waals surface area (Å²) in [6.45, 7) is 6.11. The predicted octanol–water partition coefficient (Wildman–Crippen LogP) is 2.81. The van der Waals surface area contributed by atoms with Crippen molar-refractivity contribution in [1.82, 2.24) is 19.8 Å². The van der Waals surface area contributed by atoms with Crippen LogP contribution in [0.1, 0.15) is 31.5 Å². The molecule has 6 heteroatoms. The van der Waals surface area contributed by atoms with Crippen LogP contribution < -0.4 is 0 Å². The first-order chi connectivity index (χ1) is 12.3. The Bertz CT molecular complexity index is 755. The van der Waals surface area contributed by atoms with Gasteiger partial charge in [0.15, 0.2) is 0 Å². The maximum Gasteiger partial charge on any atom is 0.234 e. The molecule has 1 aromatic heterocycles. The van der Waals surface area contributed by atoms with Gasteiger partial charge in [-0.3, -0.25) is 4.79 Å². The van der Waals surface area contributed by atoms with Gasteiger partial charge in [0, 0.05) is 19.3 Å². The summed E-state index contributed by atoms with van der Waals surface area (Å²) in [5, 5.41) is 0. The van der Waals surface area contributed by atoms with Crippen LogP contribution in [0.5, 0.6) is 0 Å². The minimum absolute atomic E-state index is 0.102. The third kappa shape index (κ3) is 3.38. The lowest BCUT2D eigenvalue weighted by Gasteiger charge is -2.30. The van der Waals surface area contributed by atoms with Gasteiger partial charge in [0.1, 0.15) is 5.82 Å². The van der Waals surface area contributed by atoms with E-state index in [4.69, 9.17) is 0 Å². The van der Waals surface area contributed by atoms with Gasteiger partial charge in [0.05, 0.1) is 24.0 Å². The molecular weight excluding hydrogens is 331 g/mol. The number of nitrogens with one attached hydrogen (secondary N) is 1. The van der Waals surface area contributed by atoms with Gasteiger partial charge in [0.25, 0.3) is 0 Å². The van der Waals surface area contributed by atoms with Crippen LogP contribution in [-0.2, 0) is 16.8 Å². The van der Waals surface area contributed by atoms with Crippen molar-refractivity contribution in [3.8, 4) is 0 Å². The van der Waals surface area contributed by atoms with Gasteiger partial charge in [-0.05, 0) is 43.6 Å². The Morgan fingerprint density at radius 1 is 1.23 bits per heavy atom. The smallest absolute Gasteiger partial charge is 0.234 e. The molecule has 1 aliphatic carbocycles. The molecule has 0 aliphatic heterocycles. The maximum absolute atomic E-state index is 13.6. The van der Waals surface area contributed by atoms with Gasteiger partial charge in [-0.25, -0.2) is 9.37 Å². The molecule has 1 amide bonds. The number of amides is 1. The molecule has 2 aromatic rings. The number of hydrogen-bond acceptors (Lipinski definition) is 3. The molecule has 1 unspecified atom stereocenters. The lowest BCUT2D eigenvalue weighted by Crippen LogP contribution is -2.44. The first-order valence-electron chi connectivity index (χ1n) is 8.94. The van der Waals surface area contributed by atoms with Gasteiger partial charge < -0.3 is 14.8 Å². The Morgan fingerprint density at radius 2 is 1.88 bits per heavy atom. The van der Waals surface area contributed by atoms with Crippen molar-refractivity contribution < 1.29 is 9.18 Å². The molecule has 1 fully saturated rings. The number of imidazole rings is 1. The van der Waals surface area contributed by atoms with Crippen molar-refractivity contribution in [3.63, 3.8) is 0 Å². The van der Waals surface area contributed by atoms with Gasteiger partial charge in [0.2, 0.25) is 5.91 Å². The molecule has 0 spiro atoms. The Hall–Kier alpha value is -2.21. The zero-order valence-corrected chi connectivity index (χ0v) is 15.9. The van der Waals surface area contributed by atoms with Crippen LogP contribution in [0.3, 0.4) is 0 Å². The Morgan fingerprint density at radius 3 is 2.38 bits per heavy atom. The van der Waals surface area contributed by atoms with Crippen LogP contribution in [0.25, 0.3) is 0 Å². The largest absolute Gasteiger partial charge is 0.347 e. The van der Waals surface area contributed by atoms with E-state index < -0.39 is 5.41 Å². The lowest BCUT2D eigenvalue weighted by atomic mass is 9.86. The highest BCUT2D eigenvalue weighted by Crippen LogP contribution is 2.65. The zero-order valence-electron chi connectivity index (χ0n) is 15.9. The number of nitrogens with zero attached hydrogens (tertiary/aromatic N) is 3. The van der Waals surface area contributed by atoms with Crippen LogP contribution in [0.4, 0.5) is 4.39 Å². The fourth-order valence-electron chi connectivity index (χ4n) is 3.75. The van der Waals surface area contributed by atoms with Crippen LogP contribution in [0, 0.1) is 11.2 Å². The number of H-pyrrole nitrogens is 1. The third-order valence-electron chi connectivity index (χ3n) is 5.46. The van der Waals surface area contributed by atoms with Crippen molar-refractivity contribution in [2.45, 2.75) is 32.2 Å². The topological polar surface area (TPSA) is 52.2 Å². The average Bonchev–Trinajstić information content (AvgIpc) is 2.94. The standard InChI is InChI=1S/C20H27FN4O/c1-19(2)13-20(19,15-5-7-16(21)8-6-15)18(26)25(10-9-24(3)4)12-17-11-22-14-23-17/h5-8,11,14H,9-10,12-13H2,1-4H3,(H,22,23). The van der Waals surface area contributed by atoms with Crippen molar-refractivity contribution in [2.24, 2.45) is 5.41 Å². The van der Waals surface area contributed by atoms with Crippen molar-refractivity contribution in [3.05, 3.63) is 53.9 Å². The van der Waals surface area contributed by atoms with E-state index in [1.807, 2.05) is 19.0 Å². The molecule has 1 saturated carbocycles. The normalized spacial score (nSPS) is 21.0. The van der Waals surface area contributed by atoms with E-state index in [1.54, 1.807) is 24.7 Å². The fourth-order valence-corrected chi connectivity index (χ4v) is 3.75. The van der Waals surface area contributed by atoms with Crippen LogP contribution in [0.2, 0.25) is 0 Å². The summed E-state index contributed by atoms with van der Waals surface area (Å²) in [5.74, 6) is -0.178. The molecule has 0 saturated heterocycles. The number of benzene rings is 1. The van der Waals surface area contributed by atoms with Gasteiger partial charge in [-0.1, -0.05) is 26.0 Å². The third-order valence-corrected chi connectivity index (χ3v) is 5.46. The second-order valence-electron chi connectivity index (χ2n) is 8.08. The van der Waals surface area contributed by atoms with E-state index in [2.05, 4.69) is 28.7 Å². The van der Waals surface area contributed by atoms with Crippen LogP contribution in [-0.4, -0.2) is 52.9 Å². The highest BCUT2D eigenvalue weighted by atomic mass is 19.1. The van der Waals surface area contributed by atoms with E-state index in [9.17, 15) is 9.18 Å². The van der Waals surface area contributed by atoms with E-state index in [1.165, 1.54) is 12.1 Å². The summed E-state index contributed by atoms with van der Waals surface area (Å²) < 4.78 is 13.4. The van der Waals surface area contributed by atoms with Gasteiger partial charge in [-0.15, -0.1) is 0 Å². The summed E-state index contributed by atoms with van der Waals surface area (Å²) in [6.07, 6.45) is 4.14. The minimum Gasteiger partial charge on any atom is -0.347 e. The second-order valence-corrected chi connectivity index (χ2v) is 8.08. The van der Waals surface area contributed by atoms with Crippen LogP contribution >= 0.6 is 0 Å². The predicted molar refractivity (Wildman–Crippen MR) is 99.0 cm³/mol. The summed E-state index contributed by atoms with van der Waals surface area (Å²) in [6, 6.07) is 6.39. The molecule has 0 radical (unpaired) electrons. The SMILES string of the molecule is CN(C)CCN(Cc1cnc[nH]1)C(=O)C1(c2ccc(F)cc2)CC1(C)C. The number of carbonyl (C=O) groups excluding carboxylic acids is 1. The molecule has 3 rings (SSSR count). The van der Waals surface area contributed by atoms with Crippen LogP contribution in [0.15, 0.2) is 36.8 Å². The molecule has 1 aromatic carbocycles. The molecule has 5 nitrogen and oxygen atoms in total. The van der Waals surface area contributed by atoms with Gasteiger partial charge >= 0.3 is 0 Å². The Kier molecular flexibility index (Phi) is 4.88. The number of carbonyl (C=O) groups is 1. The van der Waals surface area contributed by atoms with E-state index in [0.29, 0.717) is 13.1 Å². The number of aromatic nitrogens is 2. The quantitative estimate of drug-likeness (QED) is 0.828. The highest BCUT2D eigenvalue weighted by Gasteiger charge is 2.67. The van der Waals surface area contributed by atoms with Crippen molar-refractivity contribution in [2.75, 3.05) is 27.2 Å². The maximum atomic E-state index is 13.6. The molecule has 0 bridgehead atoms. The molecule has 1 atom stereocenters. The Labute approximate surface area is 154 Å². The van der Waals surface area contributed by atoms with E-state index in [0.717, 1.165) is 24.2 Å². The summed E-state index contributed by atoms with van der Waals surface area (Å²) in [4.78, 5) is 24.7. The number of likely N-dealkylation sites (N-methyl/N-ethyl adjacent to an activating group) is 1. The first kappa shape index (κ1) is 18.6. The first-order valence-corrected chi connectivity index (χ1v) is 8.94. The summed E-state index contributed by atoms with van der Waals surface area (Å²) >= 11 is 0. The molecular formula is C20H27FN4O. The zero-order chi connectivity index (χ0) is 18.9.